The van der Waals surface area contributed by atoms with Crippen LogP contribution in [-0.2, 0) is 5.75 Å². The summed E-state index contributed by atoms with van der Waals surface area (Å²) in [4.78, 5) is 10.4. The SMILES string of the molecule is O=[N+]([O-])c1cc(/C=N\n2cnnc2SCc2ccc(Cl)cc2)ccc1Cl. The van der Waals surface area contributed by atoms with Gasteiger partial charge >= 0.3 is 0 Å². The van der Waals surface area contributed by atoms with E-state index in [-0.39, 0.29) is 10.7 Å². The normalized spacial score (nSPS) is 11.2. The third-order valence-electron chi connectivity index (χ3n) is 3.28. The van der Waals surface area contributed by atoms with E-state index in [0.717, 1.165) is 5.56 Å². The van der Waals surface area contributed by atoms with Gasteiger partial charge in [0.1, 0.15) is 11.3 Å². The molecule has 0 saturated heterocycles. The van der Waals surface area contributed by atoms with E-state index in [4.69, 9.17) is 23.2 Å². The number of hydrogen-bond acceptors (Lipinski definition) is 6. The zero-order valence-corrected chi connectivity index (χ0v) is 15.4. The van der Waals surface area contributed by atoms with Gasteiger partial charge in [-0.25, -0.2) is 0 Å². The fourth-order valence-corrected chi connectivity index (χ4v) is 3.13. The van der Waals surface area contributed by atoms with Crippen molar-refractivity contribution in [2.75, 3.05) is 0 Å². The quantitative estimate of drug-likeness (QED) is 0.256. The van der Waals surface area contributed by atoms with Crippen LogP contribution in [0.4, 0.5) is 5.69 Å². The van der Waals surface area contributed by atoms with Crippen molar-refractivity contribution < 1.29 is 4.92 Å². The Morgan fingerprint density at radius 2 is 2.00 bits per heavy atom. The molecule has 2 aromatic carbocycles. The molecule has 26 heavy (non-hydrogen) atoms. The lowest BCUT2D eigenvalue weighted by Crippen LogP contribution is -1.94. The number of aromatic nitrogens is 3. The summed E-state index contributed by atoms with van der Waals surface area (Å²) in [6.45, 7) is 0. The Labute approximate surface area is 162 Å². The van der Waals surface area contributed by atoms with Crippen molar-refractivity contribution >= 4 is 46.9 Å². The van der Waals surface area contributed by atoms with Crippen molar-refractivity contribution in [2.24, 2.45) is 5.10 Å². The number of rotatable bonds is 6. The van der Waals surface area contributed by atoms with Gasteiger partial charge < -0.3 is 0 Å². The number of nitrogens with zero attached hydrogens (tertiary/aromatic N) is 5. The number of thioether (sulfide) groups is 1. The Balaban J connectivity index is 1.72. The van der Waals surface area contributed by atoms with E-state index in [1.165, 1.54) is 41.1 Å². The average molecular weight is 408 g/mol. The van der Waals surface area contributed by atoms with Gasteiger partial charge in [-0.3, -0.25) is 10.1 Å². The van der Waals surface area contributed by atoms with E-state index >= 15 is 0 Å². The van der Waals surface area contributed by atoms with Gasteiger partial charge in [-0.05, 0) is 23.8 Å². The van der Waals surface area contributed by atoms with Crippen molar-refractivity contribution in [2.45, 2.75) is 10.9 Å². The van der Waals surface area contributed by atoms with Gasteiger partial charge in [0.2, 0.25) is 5.16 Å². The first-order valence-corrected chi connectivity index (χ1v) is 9.02. The maximum atomic E-state index is 10.9. The van der Waals surface area contributed by atoms with Crippen LogP contribution in [0.5, 0.6) is 0 Å². The van der Waals surface area contributed by atoms with Gasteiger partial charge in [0.05, 0.1) is 11.1 Å². The Morgan fingerprint density at radius 3 is 2.73 bits per heavy atom. The first kappa shape index (κ1) is 18.4. The number of halogens is 2. The summed E-state index contributed by atoms with van der Waals surface area (Å²) in [6.07, 6.45) is 2.95. The van der Waals surface area contributed by atoms with Crippen molar-refractivity contribution in [3.63, 3.8) is 0 Å². The summed E-state index contributed by atoms with van der Waals surface area (Å²) < 4.78 is 1.50. The number of benzene rings is 2. The van der Waals surface area contributed by atoms with E-state index in [1.54, 1.807) is 6.07 Å². The lowest BCUT2D eigenvalue weighted by Gasteiger charge is -2.02. The van der Waals surface area contributed by atoms with Crippen LogP contribution in [0.3, 0.4) is 0 Å². The minimum absolute atomic E-state index is 0.0793. The summed E-state index contributed by atoms with van der Waals surface area (Å²) in [6, 6.07) is 12.0. The number of nitro benzene ring substituents is 1. The molecule has 132 valence electrons. The molecule has 0 aliphatic carbocycles. The molecule has 0 aliphatic rings. The third-order valence-corrected chi connectivity index (χ3v) is 4.86. The first-order valence-electron chi connectivity index (χ1n) is 7.28. The van der Waals surface area contributed by atoms with Crippen LogP contribution in [0.2, 0.25) is 10.0 Å². The van der Waals surface area contributed by atoms with Crippen molar-refractivity contribution in [3.05, 3.63) is 80.1 Å². The monoisotopic (exact) mass is 407 g/mol. The molecule has 7 nitrogen and oxygen atoms in total. The van der Waals surface area contributed by atoms with Crippen LogP contribution in [0.25, 0.3) is 0 Å². The van der Waals surface area contributed by atoms with E-state index < -0.39 is 4.92 Å². The molecule has 0 amide bonds. The molecule has 0 bridgehead atoms. The maximum Gasteiger partial charge on any atom is 0.288 e. The van der Waals surface area contributed by atoms with Crippen molar-refractivity contribution in [1.82, 2.24) is 14.9 Å². The Morgan fingerprint density at radius 1 is 1.23 bits per heavy atom. The molecule has 0 radical (unpaired) electrons. The largest absolute Gasteiger partial charge is 0.288 e. The van der Waals surface area contributed by atoms with E-state index in [9.17, 15) is 10.1 Å². The Kier molecular flexibility index (Phi) is 5.87. The molecule has 3 rings (SSSR count). The predicted octanol–water partition coefficient (Wildman–Crippen LogP) is 4.67. The third kappa shape index (κ3) is 4.60. The highest BCUT2D eigenvalue weighted by Crippen LogP contribution is 2.25. The van der Waals surface area contributed by atoms with Crippen LogP contribution in [0.15, 0.2) is 59.0 Å². The van der Waals surface area contributed by atoms with Crippen LogP contribution < -0.4 is 0 Å². The summed E-state index contributed by atoms with van der Waals surface area (Å²) in [5.74, 6) is 0.678. The number of nitro groups is 1. The summed E-state index contributed by atoms with van der Waals surface area (Å²) in [5.41, 5.74) is 1.46. The smallest absolute Gasteiger partial charge is 0.258 e. The topological polar surface area (TPSA) is 86.2 Å². The van der Waals surface area contributed by atoms with Gasteiger partial charge in [-0.15, -0.1) is 10.2 Å². The molecule has 0 N–H and O–H groups in total. The molecule has 0 saturated carbocycles. The Hall–Kier alpha value is -2.42. The van der Waals surface area contributed by atoms with Crippen LogP contribution >= 0.6 is 35.0 Å². The van der Waals surface area contributed by atoms with Gasteiger partial charge in [-0.1, -0.05) is 53.2 Å². The Bertz CT molecular complexity index is 960. The molecule has 0 unspecified atom stereocenters. The van der Waals surface area contributed by atoms with E-state index in [1.807, 2.05) is 24.3 Å². The molecule has 0 fully saturated rings. The fraction of sp³-hybridized carbons (Fsp3) is 0.0625. The van der Waals surface area contributed by atoms with Gasteiger partial charge in [0, 0.05) is 22.4 Å². The van der Waals surface area contributed by atoms with Crippen LogP contribution in [0, 0.1) is 10.1 Å². The molecule has 3 aromatic rings. The van der Waals surface area contributed by atoms with Gasteiger partial charge in [-0.2, -0.15) is 9.78 Å². The lowest BCUT2D eigenvalue weighted by atomic mass is 10.2. The average Bonchev–Trinajstić information content (AvgIpc) is 3.08. The van der Waals surface area contributed by atoms with Crippen LogP contribution in [-0.4, -0.2) is 26.0 Å². The molecule has 0 aliphatic heterocycles. The first-order chi connectivity index (χ1) is 12.5. The predicted molar refractivity (Wildman–Crippen MR) is 102 cm³/mol. The summed E-state index contributed by atoms with van der Waals surface area (Å²) in [7, 11) is 0. The zero-order valence-electron chi connectivity index (χ0n) is 13.1. The maximum absolute atomic E-state index is 10.9. The fourth-order valence-electron chi connectivity index (χ4n) is 2.00. The molecule has 0 spiro atoms. The molecule has 1 aromatic heterocycles. The highest BCUT2D eigenvalue weighted by atomic mass is 35.5. The highest BCUT2D eigenvalue weighted by molar-refractivity contribution is 7.98. The van der Waals surface area contributed by atoms with E-state index in [2.05, 4.69) is 15.3 Å². The highest BCUT2D eigenvalue weighted by Gasteiger charge is 2.12. The second kappa shape index (κ2) is 8.31. The second-order valence-electron chi connectivity index (χ2n) is 5.09. The minimum atomic E-state index is -0.536. The van der Waals surface area contributed by atoms with Gasteiger partial charge in [0.25, 0.3) is 5.69 Å². The molecule has 0 atom stereocenters. The van der Waals surface area contributed by atoms with Crippen molar-refractivity contribution in [3.8, 4) is 0 Å². The number of hydrogen-bond donors (Lipinski definition) is 0. The van der Waals surface area contributed by atoms with Crippen molar-refractivity contribution in [1.29, 1.82) is 0 Å². The molecular formula is C16H11Cl2N5O2S. The lowest BCUT2D eigenvalue weighted by molar-refractivity contribution is -0.384. The second-order valence-corrected chi connectivity index (χ2v) is 6.87. The molecule has 10 heteroatoms. The summed E-state index contributed by atoms with van der Waals surface area (Å²) in [5, 5.41) is 24.4. The van der Waals surface area contributed by atoms with Crippen LogP contribution in [0.1, 0.15) is 11.1 Å². The van der Waals surface area contributed by atoms with Gasteiger partial charge in [0.15, 0.2) is 0 Å². The summed E-state index contributed by atoms with van der Waals surface area (Å²) >= 11 is 13.1. The van der Waals surface area contributed by atoms with E-state index in [0.29, 0.717) is 21.5 Å². The minimum Gasteiger partial charge on any atom is -0.258 e. The molecular weight excluding hydrogens is 397 g/mol. The molecule has 1 heterocycles. The zero-order chi connectivity index (χ0) is 18.5. The standard InChI is InChI=1S/C16H11Cl2N5O2S/c17-13-4-1-11(2-5-13)9-26-16-21-19-10-22(16)20-8-12-3-6-14(18)15(7-12)23(24)25/h1-8,10H,9H2/b20-8-.